The lowest BCUT2D eigenvalue weighted by Crippen LogP contribution is -2.53. The molecule has 3 aliphatic heterocycles. The van der Waals surface area contributed by atoms with E-state index in [0.717, 1.165) is 12.0 Å². The van der Waals surface area contributed by atoms with Crippen LogP contribution in [0.2, 0.25) is 0 Å². The first-order valence-electron chi connectivity index (χ1n) is 9.09. The highest BCUT2D eigenvalue weighted by Crippen LogP contribution is 2.43. The maximum Gasteiger partial charge on any atom is 0.341 e. The van der Waals surface area contributed by atoms with Crippen LogP contribution in [0, 0.1) is 5.92 Å². The van der Waals surface area contributed by atoms with Crippen LogP contribution in [-0.2, 0) is 33.3 Å². The topological polar surface area (TPSA) is 91.4 Å². The van der Waals surface area contributed by atoms with Gasteiger partial charge in [-0.3, -0.25) is 0 Å². The summed E-state index contributed by atoms with van der Waals surface area (Å²) >= 11 is 0. The molecule has 0 amide bonds. The van der Waals surface area contributed by atoms with E-state index in [0.29, 0.717) is 12.0 Å². The summed E-state index contributed by atoms with van der Waals surface area (Å²) in [6.45, 7) is 9.20. The molecule has 0 spiro atoms. The van der Waals surface area contributed by atoms with E-state index >= 15 is 0 Å². The van der Waals surface area contributed by atoms with Gasteiger partial charge in [-0.15, -0.1) is 0 Å². The minimum Gasteiger partial charge on any atom is -0.455 e. The lowest BCUT2D eigenvalue weighted by atomic mass is 9.81. The van der Waals surface area contributed by atoms with E-state index in [2.05, 4.69) is 6.58 Å². The minimum absolute atomic E-state index is 0.208. The van der Waals surface area contributed by atoms with Crippen molar-refractivity contribution in [3.05, 3.63) is 35.5 Å². The fraction of sp³-hybridized carbons (Fsp3) is 0.550. The summed E-state index contributed by atoms with van der Waals surface area (Å²) in [5.74, 6) is -2.15. The summed E-state index contributed by atoms with van der Waals surface area (Å²) in [5.41, 5.74) is 0.661. The Labute approximate surface area is 157 Å². The van der Waals surface area contributed by atoms with Crippen LogP contribution in [0.1, 0.15) is 33.6 Å². The molecule has 7 heteroatoms. The number of epoxide rings is 1. The Morgan fingerprint density at radius 2 is 2.00 bits per heavy atom. The summed E-state index contributed by atoms with van der Waals surface area (Å²) in [6, 6.07) is 0. The zero-order chi connectivity index (χ0) is 19.5. The Morgan fingerprint density at radius 1 is 1.30 bits per heavy atom. The molecule has 0 aromatic rings. The molecule has 3 heterocycles. The van der Waals surface area contributed by atoms with Gasteiger partial charge in [-0.1, -0.05) is 18.2 Å². The number of carbonyl (C=O) groups is 3. The number of allylic oxidation sites excluding steroid dienone is 2. The van der Waals surface area contributed by atoms with Gasteiger partial charge in [0.15, 0.2) is 17.8 Å². The molecule has 0 N–H and O–H groups in total. The van der Waals surface area contributed by atoms with Crippen molar-refractivity contribution in [3.8, 4) is 0 Å². The summed E-state index contributed by atoms with van der Waals surface area (Å²) in [5, 5.41) is 0. The predicted octanol–water partition coefficient (Wildman–Crippen LogP) is 1.77. The SMILES string of the molecule is C=C1C(=O)O[C@@H]2/C=C(/C)CC/C=C3/C(=O)O[C@@H]3[C@@H](OC(=O)[C@]3(C)O[C@@H]3C)[C@@H]12. The molecule has 0 bridgehead atoms. The maximum absolute atomic E-state index is 12.7. The third-order valence-corrected chi connectivity index (χ3v) is 5.83. The van der Waals surface area contributed by atoms with Crippen molar-refractivity contribution in [1.82, 2.24) is 0 Å². The number of rotatable bonds is 2. The van der Waals surface area contributed by atoms with Gasteiger partial charge in [-0.05, 0) is 39.7 Å². The Bertz CT molecular complexity index is 807. The summed E-state index contributed by atoms with van der Waals surface area (Å²) < 4.78 is 21.9. The van der Waals surface area contributed by atoms with Gasteiger partial charge in [-0.25, -0.2) is 14.4 Å². The highest BCUT2D eigenvalue weighted by atomic mass is 16.7. The first kappa shape index (κ1) is 18.0. The van der Waals surface area contributed by atoms with Gasteiger partial charge in [0.25, 0.3) is 0 Å². The van der Waals surface area contributed by atoms with Crippen LogP contribution in [0.15, 0.2) is 35.5 Å². The molecule has 0 aromatic carbocycles. The average Bonchev–Trinajstić information content (AvgIpc) is 3.13. The van der Waals surface area contributed by atoms with E-state index in [1.54, 1.807) is 13.8 Å². The van der Waals surface area contributed by atoms with Crippen LogP contribution < -0.4 is 0 Å². The van der Waals surface area contributed by atoms with E-state index in [9.17, 15) is 14.4 Å². The predicted molar refractivity (Wildman–Crippen MR) is 92.3 cm³/mol. The summed E-state index contributed by atoms with van der Waals surface area (Å²) in [6.07, 6.45) is 2.52. The fourth-order valence-corrected chi connectivity index (χ4v) is 3.81. The molecule has 0 aromatic heterocycles. The second-order valence-corrected chi connectivity index (χ2v) is 7.70. The number of hydrogen-bond acceptors (Lipinski definition) is 7. The van der Waals surface area contributed by atoms with Gasteiger partial charge in [0.05, 0.1) is 17.6 Å². The Morgan fingerprint density at radius 3 is 2.63 bits per heavy atom. The van der Waals surface area contributed by atoms with Gasteiger partial charge < -0.3 is 18.9 Å². The van der Waals surface area contributed by atoms with E-state index in [1.165, 1.54) is 0 Å². The molecule has 144 valence electrons. The molecular formula is C20H22O7. The highest BCUT2D eigenvalue weighted by molar-refractivity contribution is 5.96. The number of ether oxygens (including phenoxy) is 4. The van der Waals surface area contributed by atoms with Gasteiger partial charge >= 0.3 is 17.9 Å². The summed E-state index contributed by atoms with van der Waals surface area (Å²) in [7, 11) is 0. The largest absolute Gasteiger partial charge is 0.455 e. The molecule has 1 aliphatic carbocycles. The number of carbonyl (C=O) groups excluding carboxylic acids is 3. The molecule has 0 radical (unpaired) electrons. The molecule has 6 atom stereocenters. The summed E-state index contributed by atoms with van der Waals surface area (Å²) in [4.78, 5) is 36.8. The smallest absolute Gasteiger partial charge is 0.341 e. The van der Waals surface area contributed by atoms with Gasteiger partial charge in [0.1, 0.15) is 6.10 Å². The monoisotopic (exact) mass is 374 g/mol. The molecule has 3 fully saturated rings. The highest BCUT2D eigenvalue weighted by Gasteiger charge is 2.60. The Kier molecular flexibility index (Phi) is 4.03. The molecule has 4 aliphatic rings. The number of esters is 3. The molecular weight excluding hydrogens is 352 g/mol. The molecule has 27 heavy (non-hydrogen) atoms. The van der Waals surface area contributed by atoms with Crippen LogP contribution in [-0.4, -0.2) is 47.9 Å². The Balaban J connectivity index is 1.71. The van der Waals surface area contributed by atoms with Gasteiger partial charge in [0.2, 0.25) is 0 Å². The first-order valence-corrected chi connectivity index (χ1v) is 9.09. The van der Waals surface area contributed by atoms with Gasteiger partial charge in [-0.2, -0.15) is 0 Å². The van der Waals surface area contributed by atoms with Crippen LogP contribution in [0.4, 0.5) is 0 Å². The zero-order valence-electron chi connectivity index (χ0n) is 15.5. The van der Waals surface area contributed by atoms with Crippen molar-refractivity contribution in [2.24, 2.45) is 5.92 Å². The normalized spacial score (nSPS) is 44.3. The van der Waals surface area contributed by atoms with E-state index in [-0.39, 0.29) is 11.7 Å². The van der Waals surface area contributed by atoms with Crippen molar-refractivity contribution >= 4 is 17.9 Å². The molecule has 3 saturated heterocycles. The van der Waals surface area contributed by atoms with Crippen LogP contribution in [0.5, 0.6) is 0 Å². The third kappa shape index (κ3) is 2.81. The van der Waals surface area contributed by atoms with Crippen molar-refractivity contribution in [2.45, 2.75) is 63.6 Å². The second kappa shape index (κ2) is 6.05. The lowest BCUT2D eigenvalue weighted by Gasteiger charge is -2.39. The van der Waals surface area contributed by atoms with Crippen molar-refractivity contribution in [3.63, 3.8) is 0 Å². The van der Waals surface area contributed by atoms with Crippen molar-refractivity contribution in [2.75, 3.05) is 0 Å². The molecule has 0 saturated carbocycles. The number of hydrogen-bond donors (Lipinski definition) is 0. The zero-order valence-corrected chi connectivity index (χ0v) is 15.5. The van der Waals surface area contributed by atoms with E-state index < -0.39 is 47.7 Å². The minimum atomic E-state index is -1.03. The third-order valence-electron chi connectivity index (χ3n) is 5.83. The average molecular weight is 374 g/mol. The van der Waals surface area contributed by atoms with Crippen LogP contribution >= 0.6 is 0 Å². The second-order valence-electron chi connectivity index (χ2n) is 7.70. The van der Waals surface area contributed by atoms with Crippen LogP contribution in [0.3, 0.4) is 0 Å². The standard InChI is InChI=1S/C20H22O7/c1-9-6-5-7-12-15(25-18(12)22)16(26-19(23)20(4)11(3)27-20)14-10(2)17(21)24-13(14)8-9/h7-8,11,13-16H,2,5-6H2,1,3-4H3/b9-8-,12-7+/t11-,13-,14+,15+,16+,20-/m1/s1. The lowest BCUT2D eigenvalue weighted by molar-refractivity contribution is -0.183. The first-order chi connectivity index (χ1) is 12.7. The van der Waals surface area contributed by atoms with Gasteiger partial charge in [0, 0.05) is 5.57 Å². The number of fused-ring (bicyclic) bond motifs is 2. The van der Waals surface area contributed by atoms with E-state index in [4.69, 9.17) is 18.9 Å². The Hall–Kier alpha value is -2.41. The fourth-order valence-electron chi connectivity index (χ4n) is 3.81. The quantitative estimate of drug-likeness (QED) is 0.239. The van der Waals surface area contributed by atoms with Crippen LogP contribution in [0.25, 0.3) is 0 Å². The van der Waals surface area contributed by atoms with Crippen molar-refractivity contribution < 1.29 is 33.3 Å². The van der Waals surface area contributed by atoms with E-state index in [1.807, 2.05) is 19.1 Å². The molecule has 4 rings (SSSR count). The molecule has 0 unspecified atom stereocenters. The maximum atomic E-state index is 12.7. The van der Waals surface area contributed by atoms with Crippen molar-refractivity contribution in [1.29, 1.82) is 0 Å². The molecule has 7 nitrogen and oxygen atoms in total.